The second-order valence-corrected chi connectivity index (χ2v) is 5.93. The molecule has 1 aliphatic rings. The Labute approximate surface area is 104 Å². The molecule has 0 unspecified atom stereocenters. The molecule has 1 heterocycles. The third-order valence-corrected chi connectivity index (χ3v) is 3.34. The molecule has 0 bridgehead atoms. The quantitative estimate of drug-likeness (QED) is 0.726. The first-order valence-electron chi connectivity index (χ1n) is 6.38. The first-order chi connectivity index (χ1) is 7.82. The van der Waals surface area contributed by atoms with Crippen LogP contribution in [0.15, 0.2) is 0 Å². The van der Waals surface area contributed by atoms with E-state index in [0.29, 0.717) is 5.92 Å². The monoisotopic (exact) mass is 240 g/mol. The van der Waals surface area contributed by atoms with Crippen LogP contribution >= 0.6 is 0 Å². The van der Waals surface area contributed by atoms with Crippen molar-refractivity contribution in [2.24, 2.45) is 11.3 Å². The van der Waals surface area contributed by atoms with E-state index in [-0.39, 0.29) is 11.8 Å². The standard InChI is InChI=1S/C13H24N2O2/c1-9(10-5-7-14-8-6-10)15-12(17)11(16)13(2,3)4/h9-10,14H,5-8H2,1-4H3,(H,15,17)/t9-/m1/s1. The van der Waals surface area contributed by atoms with Crippen molar-refractivity contribution in [1.82, 2.24) is 10.6 Å². The molecule has 4 nitrogen and oxygen atoms in total. The lowest BCUT2D eigenvalue weighted by Gasteiger charge is -2.29. The van der Waals surface area contributed by atoms with E-state index < -0.39 is 11.3 Å². The van der Waals surface area contributed by atoms with Gasteiger partial charge in [0, 0.05) is 11.5 Å². The molecule has 2 N–H and O–H groups in total. The number of amides is 1. The fraction of sp³-hybridized carbons (Fsp3) is 0.846. The van der Waals surface area contributed by atoms with Gasteiger partial charge in [0.25, 0.3) is 5.91 Å². The van der Waals surface area contributed by atoms with Gasteiger partial charge in [0.2, 0.25) is 5.78 Å². The SMILES string of the molecule is C[C@@H](NC(=O)C(=O)C(C)(C)C)C1CCNCC1. The number of nitrogens with one attached hydrogen (secondary N) is 2. The zero-order valence-electron chi connectivity index (χ0n) is 11.3. The van der Waals surface area contributed by atoms with Gasteiger partial charge in [-0.3, -0.25) is 9.59 Å². The average molecular weight is 240 g/mol. The highest BCUT2D eigenvalue weighted by atomic mass is 16.2. The maximum atomic E-state index is 11.8. The second kappa shape index (κ2) is 5.63. The second-order valence-electron chi connectivity index (χ2n) is 5.93. The van der Waals surface area contributed by atoms with Gasteiger partial charge in [-0.2, -0.15) is 0 Å². The van der Waals surface area contributed by atoms with Crippen LogP contribution in [0.3, 0.4) is 0 Å². The number of Topliss-reactive ketones (excluding diaryl/α,β-unsaturated/α-hetero) is 1. The summed E-state index contributed by atoms with van der Waals surface area (Å²) in [5, 5.41) is 6.13. The lowest BCUT2D eigenvalue weighted by atomic mass is 9.88. The fourth-order valence-electron chi connectivity index (χ4n) is 2.08. The number of carbonyl (C=O) groups is 2. The molecule has 1 aliphatic heterocycles. The Kier molecular flexibility index (Phi) is 4.69. The number of hydrogen-bond acceptors (Lipinski definition) is 3. The first kappa shape index (κ1) is 14.2. The Bertz CT molecular complexity index is 288. The minimum absolute atomic E-state index is 0.0795. The molecule has 0 radical (unpaired) electrons. The van der Waals surface area contributed by atoms with Crippen LogP contribution in [0.4, 0.5) is 0 Å². The molecule has 98 valence electrons. The first-order valence-corrected chi connectivity index (χ1v) is 6.38. The van der Waals surface area contributed by atoms with Crippen LogP contribution < -0.4 is 10.6 Å². The Morgan fingerprint density at radius 2 is 1.76 bits per heavy atom. The number of rotatable bonds is 3. The maximum Gasteiger partial charge on any atom is 0.288 e. The van der Waals surface area contributed by atoms with Crippen LogP contribution in [0, 0.1) is 11.3 Å². The Hall–Kier alpha value is -0.900. The van der Waals surface area contributed by atoms with Gasteiger partial charge in [0.15, 0.2) is 0 Å². The summed E-state index contributed by atoms with van der Waals surface area (Å²) in [5.41, 5.74) is -0.599. The van der Waals surface area contributed by atoms with Crippen molar-refractivity contribution < 1.29 is 9.59 Å². The number of piperidine rings is 1. The maximum absolute atomic E-state index is 11.8. The minimum atomic E-state index is -0.599. The third-order valence-electron chi connectivity index (χ3n) is 3.34. The van der Waals surface area contributed by atoms with Crippen molar-refractivity contribution in [3.8, 4) is 0 Å². The normalized spacial score (nSPS) is 19.8. The van der Waals surface area contributed by atoms with E-state index in [9.17, 15) is 9.59 Å². The van der Waals surface area contributed by atoms with Gasteiger partial charge in [-0.05, 0) is 38.8 Å². The molecule has 0 aromatic heterocycles. The molecule has 17 heavy (non-hydrogen) atoms. The summed E-state index contributed by atoms with van der Waals surface area (Å²) in [6.45, 7) is 9.29. The Balaban J connectivity index is 2.47. The van der Waals surface area contributed by atoms with E-state index in [1.807, 2.05) is 6.92 Å². The van der Waals surface area contributed by atoms with Crippen LogP contribution in [0.1, 0.15) is 40.5 Å². The highest BCUT2D eigenvalue weighted by molar-refractivity contribution is 6.37. The highest BCUT2D eigenvalue weighted by Gasteiger charge is 2.30. The smallest absolute Gasteiger partial charge is 0.288 e. The van der Waals surface area contributed by atoms with Crippen LogP contribution in [0.2, 0.25) is 0 Å². The zero-order valence-corrected chi connectivity index (χ0v) is 11.3. The molecule has 0 aromatic rings. The molecule has 0 aliphatic carbocycles. The van der Waals surface area contributed by atoms with Crippen molar-refractivity contribution in [1.29, 1.82) is 0 Å². The van der Waals surface area contributed by atoms with Gasteiger partial charge >= 0.3 is 0 Å². The summed E-state index contributed by atoms with van der Waals surface area (Å²) in [6.07, 6.45) is 2.12. The molecule has 1 atom stereocenters. The predicted molar refractivity (Wildman–Crippen MR) is 67.7 cm³/mol. The van der Waals surface area contributed by atoms with Crippen LogP contribution in [0.25, 0.3) is 0 Å². The van der Waals surface area contributed by atoms with Crippen molar-refractivity contribution in [2.75, 3.05) is 13.1 Å². The van der Waals surface area contributed by atoms with Crippen molar-refractivity contribution in [3.05, 3.63) is 0 Å². The van der Waals surface area contributed by atoms with E-state index in [1.54, 1.807) is 20.8 Å². The lowest BCUT2D eigenvalue weighted by Crippen LogP contribution is -2.47. The van der Waals surface area contributed by atoms with Crippen LogP contribution in [0.5, 0.6) is 0 Å². The number of hydrogen-bond donors (Lipinski definition) is 2. The number of carbonyl (C=O) groups excluding carboxylic acids is 2. The molecule has 1 amide bonds. The van der Waals surface area contributed by atoms with Crippen molar-refractivity contribution in [2.45, 2.75) is 46.6 Å². The molecular weight excluding hydrogens is 216 g/mol. The lowest BCUT2D eigenvalue weighted by molar-refractivity contribution is -0.143. The largest absolute Gasteiger partial charge is 0.347 e. The summed E-state index contributed by atoms with van der Waals surface area (Å²) in [5.74, 6) is -0.296. The molecule has 0 saturated carbocycles. The summed E-state index contributed by atoms with van der Waals surface area (Å²) < 4.78 is 0. The Morgan fingerprint density at radius 3 is 2.24 bits per heavy atom. The third kappa shape index (κ3) is 4.11. The summed E-state index contributed by atoms with van der Waals surface area (Å²) in [7, 11) is 0. The van der Waals surface area contributed by atoms with Gasteiger partial charge in [-0.15, -0.1) is 0 Å². The van der Waals surface area contributed by atoms with Gasteiger partial charge in [0.05, 0.1) is 0 Å². The average Bonchev–Trinajstić information content (AvgIpc) is 2.27. The summed E-state index contributed by atoms with van der Waals surface area (Å²) >= 11 is 0. The molecule has 1 rings (SSSR count). The Morgan fingerprint density at radius 1 is 1.24 bits per heavy atom. The van der Waals surface area contributed by atoms with Crippen molar-refractivity contribution in [3.63, 3.8) is 0 Å². The van der Waals surface area contributed by atoms with Gasteiger partial charge in [-0.25, -0.2) is 0 Å². The van der Waals surface area contributed by atoms with Gasteiger partial charge < -0.3 is 10.6 Å². The predicted octanol–water partition coefficient (Wildman–Crippen LogP) is 1.11. The van der Waals surface area contributed by atoms with Gasteiger partial charge in [-0.1, -0.05) is 20.8 Å². The molecule has 0 spiro atoms. The highest BCUT2D eigenvalue weighted by Crippen LogP contribution is 2.18. The van der Waals surface area contributed by atoms with E-state index in [1.165, 1.54) is 0 Å². The molecular formula is C13H24N2O2. The summed E-state index contributed by atoms with van der Waals surface area (Å²) in [6, 6.07) is 0.0795. The van der Waals surface area contributed by atoms with Crippen LogP contribution in [-0.4, -0.2) is 30.8 Å². The molecule has 1 fully saturated rings. The molecule has 1 saturated heterocycles. The topological polar surface area (TPSA) is 58.2 Å². The fourth-order valence-corrected chi connectivity index (χ4v) is 2.08. The van der Waals surface area contributed by atoms with Crippen molar-refractivity contribution >= 4 is 11.7 Å². The molecule has 4 heteroatoms. The van der Waals surface area contributed by atoms with E-state index in [0.717, 1.165) is 25.9 Å². The minimum Gasteiger partial charge on any atom is -0.347 e. The van der Waals surface area contributed by atoms with E-state index >= 15 is 0 Å². The van der Waals surface area contributed by atoms with Gasteiger partial charge in [0.1, 0.15) is 0 Å². The molecule has 0 aromatic carbocycles. The van der Waals surface area contributed by atoms with Crippen LogP contribution in [-0.2, 0) is 9.59 Å². The number of ketones is 1. The van der Waals surface area contributed by atoms with E-state index in [2.05, 4.69) is 10.6 Å². The van der Waals surface area contributed by atoms with E-state index in [4.69, 9.17) is 0 Å². The summed E-state index contributed by atoms with van der Waals surface area (Å²) in [4.78, 5) is 23.5. The zero-order chi connectivity index (χ0) is 13.1.